The van der Waals surface area contributed by atoms with Crippen LogP contribution >= 0.6 is 0 Å². The number of rotatable bonds is 3. The maximum Gasteiger partial charge on any atom is 0.256 e. The first-order valence-electron chi connectivity index (χ1n) is 8.96. The van der Waals surface area contributed by atoms with Crippen LogP contribution in [0.15, 0.2) is 59.5 Å². The van der Waals surface area contributed by atoms with Gasteiger partial charge in [-0.3, -0.25) is 9.59 Å². The first-order valence-corrected chi connectivity index (χ1v) is 8.96. The summed E-state index contributed by atoms with van der Waals surface area (Å²) < 4.78 is 5.45. The number of ether oxygens (including phenoxy) is 1. The molecule has 0 bridgehead atoms. The van der Waals surface area contributed by atoms with Gasteiger partial charge < -0.3 is 19.5 Å². The summed E-state index contributed by atoms with van der Waals surface area (Å²) in [5.41, 5.74) is 1.40. The highest BCUT2D eigenvalue weighted by atomic mass is 16.5. The van der Waals surface area contributed by atoms with E-state index in [1.807, 2.05) is 41.3 Å². The predicted molar refractivity (Wildman–Crippen MR) is 106 cm³/mol. The van der Waals surface area contributed by atoms with Gasteiger partial charge in [0, 0.05) is 43.1 Å². The fraction of sp³-hybridized carbons (Fsp3) is 0.238. The highest BCUT2D eigenvalue weighted by molar-refractivity contribution is 6.06. The number of hydrogen-bond acceptors (Lipinski definition) is 4. The van der Waals surface area contributed by atoms with Crippen molar-refractivity contribution in [2.45, 2.75) is 0 Å². The molecule has 6 nitrogen and oxygen atoms in total. The largest absolute Gasteiger partial charge is 0.495 e. The first kappa shape index (κ1) is 17.1. The molecule has 1 fully saturated rings. The minimum Gasteiger partial charge on any atom is -0.495 e. The zero-order chi connectivity index (χ0) is 18.8. The minimum atomic E-state index is -0.178. The number of H-pyrrole nitrogens is 1. The molecule has 1 N–H and O–H groups in total. The van der Waals surface area contributed by atoms with Gasteiger partial charge in [0.05, 0.1) is 18.4 Å². The number of aromatic nitrogens is 1. The summed E-state index contributed by atoms with van der Waals surface area (Å²) in [6, 6.07) is 15.1. The Labute approximate surface area is 157 Å². The summed E-state index contributed by atoms with van der Waals surface area (Å²) in [6.07, 6.45) is 1.53. The van der Waals surface area contributed by atoms with Gasteiger partial charge in [0.2, 0.25) is 0 Å². The Kier molecular flexibility index (Phi) is 4.54. The second-order valence-electron chi connectivity index (χ2n) is 6.53. The van der Waals surface area contributed by atoms with Gasteiger partial charge in [-0.2, -0.15) is 0 Å². The lowest BCUT2D eigenvalue weighted by Gasteiger charge is -2.36. The van der Waals surface area contributed by atoms with E-state index in [4.69, 9.17) is 4.74 Å². The lowest BCUT2D eigenvalue weighted by Crippen LogP contribution is -2.49. The molecular weight excluding hydrogens is 342 g/mol. The molecule has 6 heteroatoms. The molecule has 0 atom stereocenters. The first-order chi connectivity index (χ1) is 13.2. The Hall–Kier alpha value is -3.28. The molecule has 0 aliphatic carbocycles. The highest BCUT2D eigenvalue weighted by Gasteiger charge is 2.25. The lowest BCUT2D eigenvalue weighted by atomic mass is 10.1. The number of aromatic amines is 1. The number of methoxy groups -OCH3 is 1. The van der Waals surface area contributed by atoms with Crippen molar-refractivity contribution in [2.75, 3.05) is 38.2 Å². The van der Waals surface area contributed by atoms with Gasteiger partial charge in [-0.1, -0.05) is 30.3 Å². The average molecular weight is 363 g/mol. The molecule has 0 radical (unpaired) electrons. The van der Waals surface area contributed by atoms with Gasteiger partial charge in [-0.15, -0.1) is 0 Å². The predicted octanol–water partition coefficient (Wildman–Crippen LogP) is 2.50. The number of amides is 1. The van der Waals surface area contributed by atoms with E-state index in [1.54, 1.807) is 19.2 Å². The Morgan fingerprint density at radius 1 is 0.963 bits per heavy atom. The van der Waals surface area contributed by atoms with E-state index in [0.29, 0.717) is 29.4 Å². The minimum absolute atomic E-state index is 0.0536. The summed E-state index contributed by atoms with van der Waals surface area (Å²) in [6.45, 7) is 2.69. The normalized spacial score (nSPS) is 14.4. The third-order valence-electron chi connectivity index (χ3n) is 5.03. The molecule has 3 aromatic rings. The molecule has 4 rings (SSSR count). The summed E-state index contributed by atoms with van der Waals surface area (Å²) in [7, 11) is 1.67. The monoisotopic (exact) mass is 363 g/mol. The number of hydrogen-bond donors (Lipinski definition) is 1. The van der Waals surface area contributed by atoms with Gasteiger partial charge in [0.25, 0.3) is 11.5 Å². The third-order valence-corrected chi connectivity index (χ3v) is 5.03. The summed E-state index contributed by atoms with van der Waals surface area (Å²) >= 11 is 0. The van der Waals surface area contributed by atoms with E-state index in [0.717, 1.165) is 24.5 Å². The van der Waals surface area contributed by atoms with E-state index in [9.17, 15) is 9.59 Å². The van der Waals surface area contributed by atoms with Crippen molar-refractivity contribution < 1.29 is 9.53 Å². The van der Waals surface area contributed by atoms with Gasteiger partial charge >= 0.3 is 0 Å². The van der Waals surface area contributed by atoms with Crippen LogP contribution in [-0.4, -0.2) is 49.1 Å². The second-order valence-corrected chi connectivity index (χ2v) is 6.53. The number of carbonyl (C=O) groups is 1. The van der Waals surface area contributed by atoms with Gasteiger partial charge in [-0.05, 0) is 18.2 Å². The number of pyridine rings is 1. The van der Waals surface area contributed by atoms with E-state index >= 15 is 0 Å². The van der Waals surface area contributed by atoms with Crippen LogP contribution in [0.1, 0.15) is 10.4 Å². The van der Waals surface area contributed by atoms with Crippen LogP contribution in [0.2, 0.25) is 0 Å². The third kappa shape index (κ3) is 3.14. The lowest BCUT2D eigenvalue weighted by molar-refractivity contribution is 0.0748. The van der Waals surface area contributed by atoms with Crippen molar-refractivity contribution >= 4 is 22.4 Å². The SMILES string of the molecule is COc1ccccc1N1CCN(C(=O)c2c[nH]c(=O)c3ccccc23)CC1. The van der Waals surface area contributed by atoms with Crippen molar-refractivity contribution in [1.29, 1.82) is 0 Å². The summed E-state index contributed by atoms with van der Waals surface area (Å²) in [5, 5.41) is 1.23. The fourth-order valence-electron chi connectivity index (χ4n) is 3.60. The van der Waals surface area contributed by atoms with Gasteiger partial charge in [0.15, 0.2) is 0 Å². The highest BCUT2D eigenvalue weighted by Crippen LogP contribution is 2.28. The molecule has 1 aliphatic heterocycles. The molecule has 0 saturated carbocycles. The van der Waals surface area contributed by atoms with Crippen LogP contribution in [0.4, 0.5) is 5.69 Å². The fourth-order valence-corrected chi connectivity index (χ4v) is 3.60. The van der Waals surface area contributed by atoms with Crippen molar-refractivity contribution in [3.8, 4) is 5.75 Å². The van der Waals surface area contributed by atoms with Crippen molar-refractivity contribution in [3.63, 3.8) is 0 Å². The number of piperazine rings is 1. The van der Waals surface area contributed by atoms with E-state index < -0.39 is 0 Å². The smallest absolute Gasteiger partial charge is 0.256 e. The standard InChI is InChI=1S/C21H21N3O3/c1-27-19-9-5-4-8-18(19)23-10-12-24(13-11-23)21(26)17-14-22-20(25)16-7-3-2-6-15(16)17/h2-9,14H,10-13H2,1H3,(H,22,25). The number of carbonyl (C=O) groups excluding carboxylic acids is 1. The van der Waals surface area contributed by atoms with Crippen molar-refractivity contribution in [2.24, 2.45) is 0 Å². The number of nitrogens with zero attached hydrogens (tertiary/aromatic N) is 2. The maximum absolute atomic E-state index is 13.1. The second kappa shape index (κ2) is 7.15. The molecule has 2 heterocycles. The topological polar surface area (TPSA) is 65.6 Å². The Balaban J connectivity index is 1.55. The molecule has 2 aromatic carbocycles. The Morgan fingerprint density at radius 2 is 1.63 bits per heavy atom. The Morgan fingerprint density at radius 3 is 2.37 bits per heavy atom. The van der Waals surface area contributed by atoms with E-state index in [2.05, 4.69) is 9.88 Å². The average Bonchev–Trinajstić information content (AvgIpc) is 2.74. The molecule has 27 heavy (non-hydrogen) atoms. The molecule has 1 aliphatic rings. The van der Waals surface area contributed by atoms with Crippen LogP contribution in [0.3, 0.4) is 0 Å². The molecule has 1 saturated heterocycles. The number of para-hydroxylation sites is 2. The number of fused-ring (bicyclic) bond motifs is 1. The number of benzene rings is 2. The number of anilines is 1. The molecule has 1 amide bonds. The van der Waals surface area contributed by atoms with Crippen LogP contribution in [-0.2, 0) is 0 Å². The van der Waals surface area contributed by atoms with Crippen LogP contribution < -0.4 is 15.2 Å². The van der Waals surface area contributed by atoms with Crippen LogP contribution in [0.5, 0.6) is 5.75 Å². The van der Waals surface area contributed by atoms with E-state index in [1.165, 1.54) is 6.20 Å². The van der Waals surface area contributed by atoms with E-state index in [-0.39, 0.29) is 11.5 Å². The van der Waals surface area contributed by atoms with Gasteiger partial charge in [-0.25, -0.2) is 0 Å². The van der Waals surface area contributed by atoms with Crippen molar-refractivity contribution in [1.82, 2.24) is 9.88 Å². The molecule has 1 aromatic heterocycles. The quantitative estimate of drug-likeness (QED) is 0.777. The molecule has 0 spiro atoms. The number of nitrogens with one attached hydrogen (secondary N) is 1. The van der Waals surface area contributed by atoms with Crippen LogP contribution in [0.25, 0.3) is 10.8 Å². The zero-order valence-electron chi connectivity index (χ0n) is 15.1. The molecule has 0 unspecified atom stereocenters. The van der Waals surface area contributed by atoms with Crippen molar-refractivity contribution in [3.05, 3.63) is 70.6 Å². The maximum atomic E-state index is 13.1. The Bertz CT molecular complexity index is 1040. The van der Waals surface area contributed by atoms with Crippen LogP contribution in [0, 0.1) is 0 Å². The molecular formula is C21H21N3O3. The van der Waals surface area contributed by atoms with Gasteiger partial charge in [0.1, 0.15) is 5.75 Å². The summed E-state index contributed by atoms with van der Waals surface area (Å²) in [4.78, 5) is 31.8. The molecule has 138 valence electrons. The zero-order valence-corrected chi connectivity index (χ0v) is 15.1. The summed E-state index contributed by atoms with van der Waals surface area (Å²) in [5.74, 6) is 0.783.